The molecule has 0 saturated heterocycles. The summed E-state index contributed by atoms with van der Waals surface area (Å²) in [6.07, 6.45) is 0.930. The van der Waals surface area contributed by atoms with Gasteiger partial charge in [0.1, 0.15) is 11.6 Å². The summed E-state index contributed by atoms with van der Waals surface area (Å²) in [4.78, 5) is 0.979. The Labute approximate surface area is 130 Å². The van der Waals surface area contributed by atoms with Crippen LogP contribution in [0.2, 0.25) is 0 Å². The first-order valence-corrected chi connectivity index (χ1v) is 8.08. The van der Waals surface area contributed by atoms with Gasteiger partial charge in [0.2, 0.25) is 0 Å². The Bertz CT molecular complexity index is 578. The van der Waals surface area contributed by atoms with E-state index in [1.165, 1.54) is 12.1 Å². The lowest BCUT2D eigenvalue weighted by Crippen LogP contribution is -2.23. The molecule has 1 unspecified atom stereocenters. The Kier molecular flexibility index (Phi) is 5.29. The molecule has 1 aromatic carbocycles. The second-order valence-electron chi connectivity index (χ2n) is 4.66. The smallest absolute Gasteiger partial charge is 0.128 e. The van der Waals surface area contributed by atoms with Crippen LogP contribution in [0.15, 0.2) is 28.1 Å². The monoisotopic (exact) mass is 359 g/mol. The summed E-state index contributed by atoms with van der Waals surface area (Å²) in [5, 5.41) is 3.29. The van der Waals surface area contributed by atoms with Crippen molar-refractivity contribution >= 4 is 27.3 Å². The second kappa shape index (κ2) is 6.78. The zero-order valence-corrected chi connectivity index (χ0v) is 13.7. The fourth-order valence-electron chi connectivity index (χ4n) is 2.01. The van der Waals surface area contributed by atoms with E-state index in [9.17, 15) is 8.78 Å². The number of nitrogens with one attached hydrogen (secondary N) is 1. The highest BCUT2D eigenvalue weighted by Gasteiger charge is 2.20. The van der Waals surface area contributed by atoms with Crippen LogP contribution in [0.25, 0.3) is 0 Å². The summed E-state index contributed by atoms with van der Waals surface area (Å²) in [7, 11) is 0. The van der Waals surface area contributed by atoms with Crippen molar-refractivity contribution in [2.75, 3.05) is 6.54 Å². The van der Waals surface area contributed by atoms with Crippen molar-refractivity contribution in [3.05, 3.63) is 55.7 Å². The van der Waals surface area contributed by atoms with Gasteiger partial charge < -0.3 is 5.32 Å². The van der Waals surface area contributed by atoms with Crippen molar-refractivity contribution in [3.8, 4) is 0 Å². The molecule has 0 amide bonds. The summed E-state index contributed by atoms with van der Waals surface area (Å²) in [6, 6.07) is 5.28. The van der Waals surface area contributed by atoms with Crippen molar-refractivity contribution < 1.29 is 8.78 Å². The first-order valence-electron chi connectivity index (χ1n) is 6.47. The average Bonchev–Trinajstić information content (AvgIpc) is 2.74. The minimum atomic E-state index is -0.419. The van der Waals surface area contributed by atoms with Crippen molar-refractivity contribution in [3.63, 3.8) is 0 Å². The average molecular weight is 360 g/mol. The molecule has 2 aromatic rings. The number of thiophene rings is 1. The molecule has 1 N–H and O–H groups in total. The molecule has 0 bridgehead atoms. The SMILES string of the molecule is CCCNC(c1cc(C)c(Br)s1)c1cc(F)ccc1F. The summed E-state index contributed by atoms with van der Waals surface area (Å²) in [6.45, 7) is 4.78. The Balaban J connectivity index is 2.43. The van der Waals surface area contributed by atoms with Gasteiger partial charge in [0.05, 0.1) is 9.83 Å². The van der Waals surface area contributed by atoms with Gasteiger partial charge in [0.25, 0.3) is 0 Å². The highest BCUT2D eigenvalue weighted by Crippen LogP contribution is 2.35. The van der Waals surface area contributed by atoms with E-state index in [1.807, 2.05) is 19.9 Å². The van der Waals surface area contributed by atoms with Crippen LogP contribution in [0.4, 0.5) is 8.78 Å². The molecule has 0 aliphatic rings. The summed E-state index contributed by atoms with van der Waals surface area (Å²) < 4.78 is 28.5. The Morgan fingerprint density at radius 3 is 2.65 bits per heavy atom. The summed E-state index contributed by atoms with van der Waals surface area (Å²) in [5.74, 6) is -0.806. The van der Waals surface area contributed by atoms with Gasteiger partial charge >= 0.3 is 0 Å². The minimum Gasteiger partial charge on any atom is -0.306 e. The summed E-state index contributed by atoms with van der Waals surface area (Å²) in [5.41, 5.74) is 1.46. The van der Waals surface area contributed by atoms with Gasteiger partial charge in [-0.2, -0.15) is 0 Å². The molecule has 1 heterocycles. The van der Waals surface area contributed by atoms with E-state index in [0.717, 1.165) is 33.3 Å². The van der Waals surface area contributed by atoms with E-state index in [0.29, 0.717) is 5.56 Å². The van der Waals surface area contributed by atoms with Crippen LogP contribution < -0.4 is 5.32 Å². The van der Waals surface area contributed by atoms with Crippen molar-refractivity contribution in [1.82, 2.24) is 5.32 Å². The first kappa shape index (κ1) is 15.6. The van der Waals surface area contributed by atoms with E-state index in [4.69, 9.17) is 0 Å². The molecule has 20 heavy (non-hydrogen) atoms. The molecule has 108 valence electrons. The van der Waals surface area contributed by atoms with Crippen molar-refractivity contribution in [2.45, 2.75) is 26.3 Å². The highest BCUT2D eigenvalue weighted by molar-refractivity contribution is 9.11. The van der Waals surface area contributed by atoms with Gasteiger partial charge in [-0.25, -0.2) is 8.78 Å². The number of rotatable bonds is 5. The molecule has 5 heteroatoms. The second-order valence-corrected chi connectivity index (χ2v) is 7.06. The predicted molar refractivity (Wildman–Crippen MR) is 83.3 cm³/mol. The molecule has 0 aliphatic heterocycles. The lowest BCUT2D eigenvalue weighted by molar-refractivity contribution is 0.539. The molecular weight excluding hydrogens is 344 g/mol. The maximum absolute atomic E-state index is 14.0. The van der Waals surface area contributed by atoms with Crippen molar-refractivity contribution in [1.29, 1.82) is 0 Å². The van der Waals surface area contributed by atoms with Crippen LogP contribution in [0.1, 0.15) is 35.4 Å². The van der Waals surface area contributed by atoms with Crippen LogP contribution in [0.3, 0.4) is 0 Å². The first-order chi connectivity index (χ1) is 9.52. The van der Waals surface area contributed by atoms with Gasteiger partial charge in [-0.05, 0) is 65.6 Å². The number of halogens is 3. The van der Waals surface area contributed by atoms with Crippen LogP contribution in [-0.2, 0) is 0 Å². The fourth-order valence-corrected chi connectivity index (χ4v) is 3.68. The Hall–Kier alpha value is -0.780. The molecule has 0 spiro atoms. The van der Waals surface area contributed by atoms with Gasteiger partial charge in [0, 0.05) is 10.4 Å². The van der Waals surface area contributed by atoms with Crippen LogP contribution >= 0.6 is 27.3 Å². The number of benzene rings is 1. The lowest BCUT2D eigenvalue weighted by atomic mass is 10.0. The third-order valence-corrected chi connectivity index (χ3v) is 5.23. The molecule has 1 nitrogen and oxygen atoms in total. The maximum Gasteiger partial charge on any atom is 0.128 e. The Morgan fingerprint density at radius 1 is 1.30 bits per heavy atom. The van der Waals surface area contributed by atoms with Crippen LogP contribution in [-0.4, -0.2) is 6.54 Å². The zero-order chi connectivity index (χ0) is 14.7. The number of aryl methyl sites for hydroxylation is 1. The Morgan fingerprint density at radius 2 is 2.05 bits per heavy atom. The fraction of sp³-hybridized carbons (Fsp3) is 0.333. The molecule has 0 fully saturated rings. The molecule has 1 atom stereocenters. The highest BCUT2D eigenvalue weighted by atomic mass is 79.9. The predicted octanol–water partition coefficient (Wildman–Crippen LogP) is 5.19. The van der Waals surface area contributed by atoms with Gasteiger partial charge in [-0.15, -0.1) is 11.3 Å². The summed E-state index contributed by atoms with van der Waals surface area (Å²) >= 11 is 5.03. The molecule has 0 radical (unpaired) electrons. The molecule has 0 aliphatic carbocycles. The topological polar surface area (TPSA) is 12.0 Å². The molecule has 1 aromatic heterocycles. The van der Waals surface area contributed by atoms with E-state index < -0.39 is 5.82 Å². The van der Waals surface area contributed by atoms with Gasteiger partial charge in [0.15, 0.2) is 0 Å². The van der Waals surface area contributed by atoms with Gasteiger partial charge in [-0.1, -0.05) is 6.92 Å². The standard InChI is InChI=1S/C15H16BrF2NS/c1-3-6-19-14(13-7-9(2)15(16)20-13)11-8-10(17)4-5-12(11)18/h4-5,7-8,14,19H,3,6H2,1-2H3. The number of hydrogen-bond acceptors (Lipinski definition) is 2. The van der Waals surface area contributed by atoms with Gasteiger partial charge in [-0.3, -0.25) is 0 Å². The molecule has 0 saturated carbocycles. The van der Waals surface area contributed by atoms with E-state index in [1.54, 1.807) is 11.3 Å². The van der Waals surface area contributed by atoms with E-state index >= 15 is 0 Å². The zero-order valence-electron chi connectivity index (χ0n) is 11.3. The van der Waals surface area contributed by atoms with Crippen LogP contribution in [0.5, 0.6) is 0 Å². The quantitative estimate of drug-likeness (QED) is 0.774. The largest absolute Gasteiger partial charge is 0.306 e. The number of hydrogen-bond donors (Lipinski definition) is 1. The normalized spacial score (nSPS) is 12.7. The third kappa shape index (κ3) is 3.45. The molecule has 2 rings (SSSR count). The van der Waals surface area contributed by atoms with E-state index in [2.05, 4.69) is 21.2 Å². The molecular formula is C15H16BrF2NS. The van der Waals surface area contributed by atoms with E-state index in [-0.39, 0.29) is 11.9 Å². The lowest BCUT2D eigenvalue weighted by Gasteiger charge is -2.18. The third-order valence-electron chi connectivity index (χ3n) is 3.03. The van der Waals surface area contributed by atoms with Crippen LogP contribution in [0, 0.1) is 18.6 Å². The maximum atomic E-state index is 14.0. The van der Waals surface area contributed by atoms with Crippen molar-refractivity contribution in [2.24, 2.45) is 0 Å². The minimum absolute atomic E-state index is 0.319.